The number of anilines is 1. The molecule has 0 radical (unpaired) electrons. The molecule has 2 heteroatoms. The van der Waals surface area contributed by atoms with Gasteiger partial charge in [-0.25, -0.2) is 0 Å². The SMILES string of the molecule is CCN(c1ccc([C@H](C)N)cc1)C(C)C. The van der Waals surface area contributed by atoms with Gasteiger partial charge in [0.05, 0.1) is 0 Å². The van der Waals surface area contributed by atoms with Crippen LogP contribution in [0, 0.1) is 0 Å². The Morgan fingerprint density at radius 1 is 1.13 bits per heavy atom. The lowest BCUT2D eigenvalue weighted by Crippen LogP contribution is -2.30. The Kier molecular flexibility index (Phi) is 4.15. The standard InChI is InChI=1S/C13H22N2/c1-5-15(10(2)3)13-8-6-12(7-9-13)11(4)14/h6-11H,5,14H2,1-4H3/t11-/m0/s1. The number of hydrogen-bond acceptors (Lipinski definition) is 2. The number of rotatable bonds is 4. The molecule has 0 aliphatic carbocycles. The van der Waals surface area contributed by atoms with Crippen molar-refractivity contribution in [3.8, 4) is 0 Å². The molecular weight excluding hydrogens is 184 g/mol. The summed E-state index contributed by atoms with van der Waals surface area (Å²) in [5.41, 5.74) is 8.29. The van der Waals surface area contributed by atoms with Crippen LogP contribution in [0.1, 0.15) is 39.3 Å². The van der Waals surface area contributed by atoms with Gasteiger partial charge in [-0.3, -0.25) is 0 Å². The molecule has 0 heterocycles. The summed E-state index contributed by atoms with van der Waals surface area (Å²) >= 11 is 0. The van der Waals surface area contributed by atoms with Crippen molar-refractivity contribution < 1.29 is 0 Å². The van der Waals surface area contributed by atoms with E-state index in [9.17, 15) is 0 Å². The van der Waals surface area contributed by atoms with Crippen LogP contribution >= 0.6 is 0 Å². The van der Waals surface area contributed by atoms with E-state index in [0.717, 1.165) is 6.54 Å². The fourth-order valence-corrected chi connectivity index (χ4v) is 1.82. The molecule has 0 bridgehead atoms. The van der Waals surface area contributed by atoms with Crippen LogP contribution in [0.25, 0.3) is 0 Å². The quantitative estimate of drug-likeness (QED) is 0.820. The maximum atomic E-state index is 5.82. The van der Waals surface area contributed by atoms with E-state index in [0.29, 0.717) is 6.04 Å². The van der Waals surface area contributed by atoms with Crippen LogP contribution in [0.5, 0.6) is 0 Å². The van der Waals surface area contributed by atoms with E-state index in [1.54, 1.807) is 0 Å². The van der Waals surface area contributed by atoms with Crippen molar-refractivity contribution in [2.75, 3.05) is 11.4 Å². The second-order valence-electron chi connectivity index (χ2n) is 4.26. The molecule has 2 nitrogen and oxygen atoms in total. The first-order valence-corrected chi connectivity index (χ1v) is 5.68. The fraction of sp³-hybridized carbons (Fsp3) is 0.538. The van der Waals surface area contributed by atoms with Gasteiger partial charge in [0.2, 0.25) is 0 Å². The minimum absolute atomic E-state index is 0.119. The van der Waals surface area contributed by atoms with Crippen LogP contribution in [-0.4, -0.2) is 12.6 Å². The Labute approximate surface area is 93.1 Å². The minimum atomic E-state index is 0.119. The average molecular weight is 206 g/mol. The molecule has 0 aliphatic rings. The highest BCUT2D eigenvalue weighted by Gasteiger charge is 2.08. The molecule has 1 aromatic carbocycles. The number of nitrogens with two attached hydrogens (primary N) is 1. The van der Waals surface area contributed by atoms with Crippen LogP contribution in [0.15, 0.2) is 24.3 Å². The highest BCUT2D eigenvalue weighted by atomic mass is 15.1. The van der Waals surface area contributed by atoms with Crippen molar-refractivity contribution in [3.05, 3.63) is 29.8 Å². The molecule has 0 saturated heterocycles. The maximum Gasteiger partial charge on any atom is 0.0368 e. The Hall–Kier alpha value is -1.02. The van der Waals surface area contributed by atoms with Crippen LogP contribution in [0.3, 0.4) is 0 Å². The molecule has 0 spiro atoms. The summed E-state index contributed by atoms with van der Waals surface area (Å²) in [6.45, 7) is 9.65. The lowest BCUT2D eigenvalue weighted by Gasteiger charge is -2.27. The number of hydrogen-bond donors (Lipinski definition) is 1. The third-order valence-electron chi connectivity index (χ3n) is 2.71. The van der Waals surface area contributed by atoms with Gasteiger partial charge in [0.1, 0.15) is 0 Å². The highest BCUT2D eigenvalue weighted by Crippen LogP contribution is 2.19. The van der Waals surface area contributed by atoms with Gasteiger partial charge < -0.3 is 10.6 Å². The van der Waals surface area contributed by atoms with Crippen molar-refractivity contribution in [1.82, 2.24) is 0 Å². The van der Waals surface area contributed by atoms with Gasteiger partial charge in [0, 0.05) is 24.3 Å². The van der Waals surface area contributed by atoms with E-state index >= 15 is 0 Å². The summed E-state index contributed by atoms with van der Waals surface area (Å²) in [5, 5.41) is 0. The second kappa shape index (κ2) is 5.17. The van der Waals surface area contributed by atoms with Crippen molar-refractivity contribution >= 4 is 5.69 Å². The number of nitrogens with zero attached hydrogens (tertiary/aromatic N) is 1. The topological polar surface area (TPSA) is 29.3 Å². The van der Waals surface area contributed by atoms with Crippen molar-refractivity contribution in [3.63, 3.8) is 0 Å². The van der Waals surface area contributed by atoms with Crippen molar-refractivity contribution in [2.24, 2.45) is 5.73 Å². The Balaban J connectivity index is 2.87. The van der Waals surface area contributed by atoms with Crippen LogP contribution in [-0.2, 0) is 0 Å². The zero-order valence-corrected chi connectivity index (χ0v) is 10.2. The van der Waals surface area contributed by atoms with Crippen LogP contribution < -0.4 is 10.6 Å². The van der Waals surface area contributed by atoms with E-state index in [-0.39, 0.29) is 6.04 Å². The predicted molar refractivity (Wildman–Crippen MR) is 67.2 cm³/mol. The summed E-state index contributed by atoms with van der Waals surface area (Å²) in [7, 11) is 0. The second-order valence-corrected chi connectivity index (χ2v) is 4.26. The summed E-state index contributed by atoms with van der Waals surface area (Å²) in [4.78, 5) is 2.37. The molecule has 2 N–H and O–H groups in total. The molecule has 1 aromatic rings. The molecule has 15 heavy (non-hydrogen) atoms. The Morgan fingerprint density at radius 2 is 1.67 bits per heavy atom. The third kappa shape index (κ3) is 2.96. The molecule has 0 aromatic heterocycles. The van der Waals surface area contributed by atoms with Crippen LogP contribution in [0.4, 0.5) is 5.69 Å². The molecule has 0 saturated carbocycles. The van der Waals surface area contributed by atoms with E-state index in [2.05, 4.69) is 49.9 Å². The van der Waals surface area contributed by atoms with Crippen LogP contribution in [0.2, 0.25) is 0 Å². The van der Waals surface area contributed by atoms with E-state index in [1.807, 2.05) is 6.92 Å². The summed E-state index contributed by atoms with van der Waals surface area (Å²) < 4.78 is 0. The fourth-order valence-electron chi connectivity index (χ4n) is 1.82. The molecule has 0 amide bonds. The van der Waals surface area contributed by atoms with Crippen molar-refractivity contribution in [1.29, 1.82) is 0 Å². The van der Waals surface area contributed by atoms with Gasteiger partial charge in [-0.1, -0.05) is 12.1 Å². The van der Waals surface area contributed by atoms with Gasteiger partial charge in [-0.05, 0) is 45.4 Å². The lowest BCUT2D eigenvalue weighted by molar-refractivity contribution is 0.703. The molecule has 84 valence electrons. The molecule has 0 aliphatic heterocycles. The third-order valence-corrected chi connectivity index (χ3v) is 2.71. The van der Waals surface area contributed by atoms with Gasteiger partial charge in [0.25, 0.3) is 0 Å². The molecular formula is C13H22N2. The van der Waals surface area contributed by atoms with E-state index in [4.69, 9.17) is 5.73 Å². The molecule has 0 fully saturated rings. The van der Waals surface area contributed by atoms with Gasteiger partial charge in [-0.15, -0.1) is 0 Å². The summed E-state index contributed by atoms with van der Waals surface area (Å²) in [5.74, 6) is 0. The monoisotopic (exact) mass is 206 g/mol. The number of benzene rings is 1. The zero-order chi connectivity index (χ0) is 11.4. The summed E-state index contributed by atoms with van der Waals surface area (Å²) in [6, 6.07) is 9.20. The van der Waals surface area contributed by atoms with Crippen molar-refractivity contribution in [2.45, 2.75) is 39.8 Å². The first-order valence-electron chi connectivity index (χ1n) is 5.68. The first-order chi connectivity index (χ1) is 7.06. The maximum absolute atomic E-state index is 5.82. The minimum Gasteiger partial charge on any atom is -0.369 e. The van der Waals surface area contributed by atoms with Gasteiger partial charge >= 0.3 is 0 Å². The smallest absolute Gasteiger partial charge is 0.0368 e. The van der Waals surface area contributed by atoms with Gasteiger partial charge in [-0.2, -0.15) is 0 Å². The lowest BCUT2D eigenvalue weighted by atomic mass is 10.1. The predicted octanol–water partition coefficient (Wildman–Crippen LogP) is 2.94. The molecule has 0 unspecified atom stereocenters. The Morgan fingerprint density at radius 3 is 2.00 bits per heavy atom. The zero-order valence-electron chi connectivity index (χ0n) is 10.2. The van der Waals surface area contributed by atoms with E-state index < -0.39 is 0 Å². The highest BCUT2D eigenvalue weighted by molar-refractivity contribution is 5.48. The first kappa shape index (κ1) is 12.1. The Bertz CT molecular complexity index is 288. The normalized spacial score (nSPS) is 12.9. The van der Waals surface area contributed by atoms with E-state index in [1.165, 1.54) is 11.3 Å². The van der Waals surface area contributed by atoms with Gasteiger partial charge in [0.15, 0.2) is 0 Å². The largest absolute Gasteiger partial charge is 0.369 e. The molecule has 1 rings (SSSR count). The molecule has 1 atom stereocenters. The summed E-state index contributed by atoms with van der Waals surface area (Å²) in [6.07, 6.45) is 0. The average Bonchev–Trinajstić information content (AvgIpc) is 2.19.